The van der Waals surface area contributed by atoms with Gasteiger partial charge in [0, 0.05) is 35.5 Å². The highest BCUT2D eigenvalue weighted by Crippen LogP contribution is 2.25. The predicted octanol–water partition coefficient (Wildman–Crippen LogP) is 1.47. The van der Waals surface area contributed by atoms with Crippen LogP contribution in [0.1, 0.15) is 55.3 Å². The molecule has 1 aliphatic rings. The summed E-state index contributed by atoms with van der Waals surface area (Å²) in [5, 5.41) is 12.6. The molecule has 1 aromatic carbocycles. The molecular weight excluding hydrogens is 332 g/mol. The molecule has 4 atom stereocenters. The van der Waals surface area contributed by atoms with Gasteiger partial charge in [-0.25, -0.2) is 0 Å². The summed E-state index contributed by atoms with van der Waals surface area (Å²) in [7, 11) is 1.24. The quantitative estimate of drug-likeness (QED) is 0.796. The van der Waals surface area contributed by atoms with E-state index in [4.69, 9.17) is 11.0 Å². The number of amides is 2. The third-order valence-corrected chi connectivity index (χ3v) is 4.16. The van der Waals surface area contributed by atoms with E-state index in [2.05, 4.69) is 5.32 Å². The first-order chi connectivity index (χ1) is 15.2. The first-order valence-corrected chi connectivity index (χ1v) is 8.09. The molecule has 1 heterocycles. The molecule has 0 saturated heterocycles. The van der Waals surface area contributed by atoms with E-state index in [0.717, 1.165) is 11.8 Å². The Morgan fingerprint density at radius 2 is 2.15 bits per heavy atom. The number of fused-ring (bicyclic) bond motifs is 1. The lowest BCUT2D eigenvalue weighted by Crippen LogP contribution is -2.43. The summed E-state index contributed by atoms with van der Waals surface area (Å²) in [5.74, 6) is -8.73. The number of Topliss-reactive ketones (excluding diaryl/α,β-unsaturated/α-hetero) is 1. The van der Waals surface area contributed by atoms with Crippen molar-refractivity contribution in [2.45, 2.75) is 45.7 Å². The smallest absolute Gasteiger partial charge is 0.249 e. The third kappa shape index (κ3) is 4.49. The molecule has 0 spiro atoms. The van der Waals surface area contributed by atoms with Crippen molar-refractivity contribution in [3.63, 3.8) is 0 Å². The Kier molecular flexibility index (Phi) is 3.73. The van der Waals surface area contributed by atoms with Gasteiger partial charge < -0.3 is 15.3 Å². The zero-order valence-electron chi connectivity index (χ0n) is 22.9. The molecule has 2 rings (SSSR count). The summed E-state index contributed by atoms with van der Waals surface area (Å²) in [6, 6.07) is 5.01. The number of ketones is 1. The van der Waals surface area contributed by atoms with Gasteiger partial charge in [0.2, 0.25) is 11.8 Å². The first-order valence-electron chi connectivity index (χ1n) is 12.1. The lowest BCUT2D eigenvalue weighted by atomic mass is 9.94. The Morgan fingerprint density at radius 1 is 1.46 bits per heavy atom. The molecule has 1 aromatic rings. The number of aliphatic hydroxyl groups is 1. The van der Waals surface area contributed by atoms with Crippen LogP contribution in [0.5, 0.6) is 0 Å². The monoisotopic (exact) mass is 368 g/mol. The second-order valence-electron chi connectivity index (χ2n) is 6.19. The molecule has 6 heteroatoms. The fraction of sp³-hybridized carbons (Fsp3) is 0.550. The van der Waals surface area contributed by atoms with Crippen LogP contribution in [0.3, 0.4) is 0 Å². The Labute approximate surface area is 165 Å². The van der Waals surface area contributed by atoms with Crippen LogP contribution in [0.15, 0.2) is 24.3 Å². The van der Waals surface area contributed by atoms with E-state index in [-0.39, 0.29) is 6.42 Å². The number of carbonyl (C=O) groups excluding carboxylic acids is 3. The molecule has 1 unspecified atom stereocenters. The van der Waals surface area contributed by atoms with E-state index < -0.39 is 61.3 Å². The Balaban J connectivity index is 2.33. The molecule has 6 nitrogen and oxygen atoms in total. The molecule has 0 saturated carbocycles. The van der Waals surface area contributed by atoms with Crippen molar-refractivity contribution in [1.82, 2.24) is 10.2 Å². The molecule has 0 fully saturated rings. The van der Waals surface area contributed by atoms with E-state index in [1.807, 2.05) is 0 Å². The summed E-state index contributed by atoms with van der Waals surface area (Å²) in [5.41, 5.74) is 0.774. The van der Waals surface area contributed by atoms with Crippen LogP contribution in [-0.2, 0) is 20.8 Å². The Bertz CT molecular complexity index is 991. The van der Waals surface area contributed by atoms with Crippen LogP contribution in [0, 0.1) is 11.8 Å². The highest BCUT2D eigenvalue weighted by Gasteiger charge is 2.32. The minimum atomic E-state index is -3.44. The standard InChI is InChI=1S/C20H28N2O4/c1-12(2)18(24)16(23)11-13(3)19(25)21-17-15-8-6-5-7-14(15)9-10-22(4)20(17)26/h5-8,12-13,17-18,24H,9-11H2,1-4H3,(H,21,25)/t13-,17+,18+/m1/s1/i1D3,10D2,12D,13D,18D/t12?,13-,17+,18+. The van der Waals surface area contributed by atoms with Crippen molar-refractivity contribution >= 4 is 17.6 Å². The molecule has 2 amide bonds. The number of likely N-dealkylation sites (N-methyl/N-ethyl adjacent to an activating group) is 1. The van der Waals surface area contributed by atoms with Gasteiger partial charge in [-0.1, -0.05) is 45.0 Å². The Hall–Kier alpha value is -2.21. The zero-order valence-corrected chi connectivity index (χ0v) is 14.9. The van der Waals surface area contributed by atoms with Crippen LogP contribution in [0.4, 0.5) is 0 Å². The number of hydrogen-bond acceptors (Lipinski definition) is 4. The summed E-state index contributed by atoms with van der Waals surface area (Å²) < 4.78 is 62.4. The topological polar surface area (TPSA) is 86.7 Å². The van der Waals surface area contributed by atoms with Gasteiger partial charge in [-0.3, -0.25) is 14.4 Å². The van der Waals surface area contributed by atoms with Crippen molar-refractivity contribution in [1.29, 1.82) is 0 Å². The van der Waals surface area contributed by atoms with Crippen LogP contribution in [0.2, 0.25) is 0 Å². The van der Waals surface area contributed by atoms with Crippen molar-refractivity contribution in [3.8, 4) is 0 Å². The van der Waals surface area contributed by atoms with Crippen molar-refractivity contribution in [3.05, 3.63) is 35.4 Å². The van der Waals surface area contributed by atoms with E-state index in [9.17, 15) is 19.5 Å². The van der Waals surface area contributed by atoms with Gasteiger partial charge in [0.05, 0.1) is 1.37 Å². The molecule has 0 bridgehead atoms. The zero-order chi connectivity index (χ0) is 26.5. The lowest BCUT2D eigenvalue weighted by molar-refractivity contribution is -0.137. The molecule has 142 valence electrons. The summed E-state index contributed by atoms with van der Waals surface area (Å²) in [4.78, 5) is 39.4. The van der Waals surface area contributed by atoms with E-state index >= 15 is 0 Å². The molecule has 2 N–H and O–H groups in total. The number of carbonyl (C=O) groups is 3. The molecule has 0 aromatic heterocycles. The molecular formula is C20H28N2O4. The summed E-state index contributed by atoms with van der Waals surface area (Å²) in [6.07, 6.45) is -4.69. The van der Waals surface area contributed by atoms with E-state index in [0.29, 0.717) is 18.1 Å². The highest BCUT2D eigenvalue weighted by molar-refractivity contribution is 5.92. The SMILES string of the molecule is [2H]C1([2H])Cc2ccccc2[C@H](NC(=O)[C@]([2H])(C)CC(=O)[C@@]([2H])(O)C([2H])(C)C([2H])([2H])[2H])C(=O)N1C. The number of nitrogens with zero attached hydrogens (tertiary/aromatic N) is 1. The predicted molar refractivity (Wildman–Crippen MR) is 98.3 cm³/mol. The minimum absolute atomic E-state index is 0.141. The molecule has 0 aliphatic carbocycles. The number of benzene rings is 1. The maximum absolute atomic E-state index is 13.0. The summed E-state index contributed by atoms with van der Waals surface area (Å²) in [6.45, 7) is -3.58. The average Bonchev–Trinajstić information content (AvgIpc) is 2.75. The van der Waals surface area contributed by atoms with Crippen LogP contribution in [0.25, 0.3) is 0 Å². The molecule has 0 radical (unpaired) electrons. The van der Waals surface area contributed by atoms with Crippen molar-refractivity contribution in [2.24, 2.45) is 11.8 Å². The number of hydrogen-bond donors (Lipinski definition) is 2. The van der Waals surface area contributed by atoms with Crippen molar-refractivity contribution < 1.29 is 30.5 Å². The average molecular weight is 369 g/mol. The van der Waals surface area contributed by atoms with Gasteiger partial charge in [-0.2, -0.15) is 0 Å². The van der Waals surface area contributed by atoms with Gasteiger partial charge in [-0.05, 0) is 23.4 Å². The van der Waals surface area contributed by atoms with Gasteiger partial charge in [0.15, 0.2) is 5.78 Å². The molecule has 1 aliphatic heterocycles. The van der Waals surface area contributed by atoms with Crippen molar-refractivity contribution in [2.75, 3.05) is 13.5 Å². The molecule has 26 heavy (non-hydrogen) atoms. The lowest BCUT2D eigenvalue weighted by Gasteiger charge is -2.24. The fourth-order valence-electron chi connectivity index (χ4n) is 2.59. The maximum atomic E-state index is 13.0. The van der Waals surface area contributed by atoms with Gasteiger partial charge in [-0.15, -0.1) is 0 Å². The van der Waals surface area contributed by atoms with E-state index in [1.54, 1.807) is 18.2 Å². The highest BCUT2D eigenvalue weighted by atomic mass is 16.3. The number of aryl methyl sites for hydroxylation is 1. The third-order valence-electron chi connectivity index (χ3n) is 4.16. The first kappa shape index (κ1) is 11.5. The number of nitrogens with one attached hydrogen (secondary N) is 1. The summed E-state index contributed by atoms with van der Waals surface area (Å²) >= 11 is 0. The minimum Gasteiger partial charge on any atom is -0.385 e. The van der Waals surface area contributed by atoms with Gasteiger partial charge >= 0.3 is 0 Å². The second-order valence-corrected chi connectivity index (χ2v) is 6.19. The second kappa shape index (κ2) is 8.45. The van der Waals surface area contributed by atoms with Crippen LogP contribution < -0.4 is 5.32 Å². The van der Waals surface area contributed by atoms with Crippen LogP contribution in [-0.4, -0.2) is 47.2 Å². The normalized spacial score (nSPS) is 31.2. The number of rotatable bonds is 6. The van der Waals surface area contributed by atoms with Gasteiger partial charge in [0.1, 0.15) is 12.1 Å². The van der Waals surface area contributed by atoms with Gasteiger partial charge in [0.25, 0.3) is 0 Å². The largest absolute Gasteiger partial charge is 0.385 e. The fourth-order valence-corrected chi connectivity index (χ4v) is 2.59. The van der Waals surface area contributed by atoms with Crippen LogP contribution >= 0.6 is 0 Å². The Morgan fingerprint density at radius 3 is 2.85 bits per heavy atom. The maximum Gasteiger partial charge on any atom is 0.249 e. The van der Waals surface area contributed by atoms with E-state index in [1.165, 1.54) is 13.1 Å².